The quantitative estimate of drug-likeness (QED) is 0.480. The van der Waals surface area contributed by atoms with Crippen LogP contribution in [0.25, 0.3) is 0 Å². The first-order valence-corrected chi connectivity index (χ1v) is 3.90. The molecule has 0 radical (unpaired) electrons. The molecule has 0 saturated heterocycles. The van der Waals surface area contributed by atoms with Crippen molar-refractivity contribution < 1.29 is 2.85 Å². The molecule has 0 aliphatic heterocycles. The Bertz CT molecular complexity index is 205. The van der Waals surface area contributed by atoms with Gasteiger partial charge in [0.05, 0.1) is 0 Å². The van der Waals surface area contributed by atoms with Crippen molar-refractivity contribution in [2.24, 2.45) is 5.92 Å². The van der Waals surface area contributed by atoms with Gasteiger partial charge in [-0.3, -0.25) is 0 Å². The van der Waals surface area contributed by atoms with Crippen LogP contribution in [0.15, 0.2) is 22.3 Å². The van der Waals surface area contributed by atoms with Crippen LogP contribution in [-0.2, 0) is 0 Å². The Kier molecular flexibility index (Phi) is 3.85. The minimum atomic E-state index is 0. The zero-order valence-corrected chi connectivity index (χ0v) is 9.70. The molecule has 11 heavy (non-hydrogen) atoms. The molecule has 0 aromatic rings. The smallest absolute Gasteiger partial charge is 1.00 e. The normalized spacial score (nSPS) is 19.4. The predicted molar refractivity (Wildman–Crippen MR) is 53.9 cm³/mol. The van der Waals surface area contributed by atoms with Crippen molar-refractivity contribution in [3.63, 3.8) is 0 Å². The molecule has 0 aromatic carbocycles. The average molecular weight is 163 g/mol. The van der Waals surface area contributed by atoms with Crippen LogP contribution in [0.4, 0.5) is 0 Å². The van der Waals surface area contributed by atoms with E-state index in [0.29, 0.717) is 5.92 Å². The predicted octanol–water partition coefficient (Wildman–Crippen LogP) is 3.15. The molecule has 0 fully saturated rings. The van der Waals surface area contributed by atoms with Crippen molar-refractivity contribution in [3.05, 3.63) is 22.3 Å². The van der Waals surface area contributed by atoms with Crippen LogP contribution in [-0.4, -0.2) is 23.1 Å². The van der Waals surface area contributed by atoms with Gasteiger partial charge >= 0.3 is 23.1 Å². The fraction of sp³-hybridized carbons (Fsp3) is 0.600. The van der Waals surface area contributed by atoms with E-state index >= 15 is 0 Å². The molecule has 0 amide bonds. The monoisotopic (exact) mass is 162 g/mol. The van der Waals surface area contributed by atoms with Crippen LogP contribution < -0.4 is 0 Å². The van der Waals surface area contributed by atoms with Crippen LogP contribution >= 0.6 is 0 Å². The summed E-state index contributed by atoms with van der Waals surface area (Å²) in [6.07, 6.45) is 0. The molecular weight excluding hydrogens is 144 g/mol. The Balaban J connectivity index is -0.000000333. The van der Waals surface area contributed by atoms with Crippen molar-refractivity contribution in [3.8, 4) is 0 Å². The molecule has 0 unspecified atom stereocenters. The molecule has 0 saturated carbocycles. The number of rotatable bonds is 0. The van der Waals surface area contributed by atoms with Gasteiger partial charge in [0.15, 0.2) is 0 Å². The van der Waals surface area contributed by atoms with Crippen molar-refractivity contribution in [1.29, 1.82) is 0 Å². The second kappa shape index (κ2) is 3.77. The molecule has 0 spiro atoms. The van der Waals surface area contributed by atoms with Gasteiger partial charge in [-0.2, -0.15) is 0 Å². The van der Waals surface area contributed by atoms with Crippen LogP contribution in [0.2, 0.25) is 0 Å². The first-order valence-electron chi connectivity index (χ1n) is 3.90. The van der Waals surface area contributed by atoms with Gasteiger partial charge in [-0.25, -0.2) is 0 Å². The molecule has 60 valence electrons. The van der Waals surface area contributed by atoms with Crippen molar-refractivity contribution in [1.82, 2.24) is 0 Å². The van der Waals surface area contributed by atoms with Crippen LogP contribution in [0.5, 0.6) is 0 Å². The fourth-order valence-electron chi connectivity index (χ4n) is 1.57. The molecule has 0 aromatic heterocycles. The summed E-state index contributed by atoms with van der Waals surface area (Å²) in [5, 5.41) is 0. The van der Waals surface area contributed by atoms with Gasteiger partial charge in [0, 0.05) is 0 Å². The Morgan fingerprint density at radius 2 is 1.18 bits per heavy atom. The summed E-state index contributed by atoms with van der Waals surface area (Å²) in [6, 6.07) is 0. The van der Waals surface area contributed by atoms with Gasteiger partial charge in [-0.05, 0) is 44.8 Å². The standard InChI is InChI=1S/C10H16.Mg.2H/c1-6-7(2)9(4)10(5)8(6)3;;;/h6H,1-5H3;;;/q;+2;2*-1. The maximum Gasteiger partial charge on any atom is 2.00 e. The minimum absolute atomic E-state index is 0. The maximum atomic E-state index is 2.28. The first-order chi connectivity index (χ1) is 4.55. The topological polar surface area (TPSA) is 0 Å². The van der Waals surface area contributed by atoms with E-state index < -0.39 is 0 Å². The third-order valence-corrected chi connectivity index (χ3v) is 3.04. The third kappa shape index (κ3) is 1.70. The summed E-state index contributed by atoms with van der Waals surface area (Å²) in [4.78, 5) is 0. The van der Waals surface area contributed by atoms with Gasteiger partial charge < -0.3 is 2.85 Å². The van der Waals surface area contributed by atoms with Gasteiger partial charge in [-0.1, -0.05) is 18.1 Å². The van der Waals surface area contributed by atoms with Crippen molar-refractivity contribution in [2.45, 2.75) is 34.6 Å². The van der Waals surface area contributed by atoms with Crippen LogP contribution in [0.1, 0.15) is 37.5 Å². The summed E-state index contributed by atoms with van der Waals surface area (Å²) in [7, 11) is 0. The summed E-state index contributed by atoms with van der Waals surface area (Å²) < 4.78 is 0. The zero-order chi connectivity index (χ0) is 7.89. The second-order valence-electron chi connectivity index (χ2n) is 3.34. The van der Waals surface area contributed by atoms with Crippen molar-refractivity contribution in [2.75, 3.05) is 0 Å². The molecule has 1 aliphatic carbocycles. The molecule has 1 heteroatoms. The van der Waals surface area contributed by atoms with E-state index in [0.717, 1.165) is 0 Å². The summed E-state index contributed by atoms with van der Waals surface area (Å²) >= 11 is 0. The van der Waals surface area contributed by atoms with E-state index in [1.807, 2.05) is 0 Å². The van der Waals surface area contributed by atoms with E-state index in [2.05, 4.69) is 34.6 Å². The third-order valence-electron chi connectivity index (χ3n) is 3.04. The van der Waals surface area contributed by atoms with Gasteiger partial charge in [0.1, 0.15) is 0 Å². The van der Waals surface area contributed by atoms with E-state index in [9.17, 15) is 0 Å². The molecule has 0 N–H and O–H groups in total. The minimum Gasteiger partial charge on any atom is -1.00 e. The Morgan fingerprint density at radius 3 is 1.27 bits per heavy atom. The van der Waals surface area contributed by atoms with Crippen LogP contribution in [0.3, 0.4) is 0 Å². The molecule has 0 heterocycles. The number of allylic oxidation sites excluding steroid dienone is 4. The summed E-state index contributed by atoms with van der Waals surface area (Å²) in [5.41, 5.74) is 6.11. The maximum absolute atomic E-state index is 2.28. The molecule has 1 aliphatic rings. The number of hydrogen-bond acceptors (Lipinski definition) is 0. The van der Waals surface area contributed by atoms with E-state index in [1.54, 1.807) is 11.1 Å². The molecule has 0 bridgehead atoms. The molecular formula is C10H18Mg. The van der Waals surface area contributed by atoms with E-state index in [-0.39, 0.29) is 25.9 Å². The van der Waals surface area contributed by atoms with Gasteiger partial charge in [0.25, 0.3) is 0 Å². The summed E-state index contributed by atoms with van der Waals surface area (Å²) in [5.74, 6) is 0.694. The Hall–Kier alpha value is 0.246. The molecule has 0 nitrogen and oxygen atoms in total. The van der Waals surface area contributed by atoms with Gasteiger partial charge in [0.2, 0.25) is 0 Å². The van der Waals surface area contributed by atoms with Crippen LogP contribution in [0, 0.1) is 5.92 Å². The number of hydrogen-bond donors (Lipinski definition) is 0. The Morgan fingerprint density at radius 1 is 0.909 bits per heavy atom. The Labute approximate surface area is 88.9 Å². The van der Waals surface area contributed by atoms with E-state index in [1.165, 1.54) is 11.1 Å². The largest absolute Gasteiger partial charge is 2.00 e. The average Bonchev–Trinajstić information content (AvgIpc) is 2.07. The van der Waals surface area contributed by atoms with Gasteiger partial charge in [-0.15, -0.1) is 0 Å². The SMILES string of the molecule is CC1=C(C)C(C)C(C)=C1C.[H-].[H-].[Mg+2]. The zero-order valence-electron chi connectivity index (χ0n) is 10.3. The first kappa shape index (κ1) is 11.2. The fourth-order valence-corrected chi connectivity index (χ4v) is 1.57. The summed E-state index contributed by atoms with van der Waals surface area (Å²) in [6.45, 7) is 11.2. The molecule has 0 atom stereocenters. The molecule has 1 rings (SSSR count). The second-order valence-corrected chi connectivity index (χ2v) is 3.34. The van der Waals surface area contributed by atoms with E-state index in [4.69, 9.17) is 0 Å². The van der Waals surface area contributed by atoms with Crippen molar-refractivity contribution >= 4 is 23.1 Å².